The van der Waals surface area contributed by atoms with Crippen LogP contribution in [-0.4, -0.2) is 66.5 Å². The van der Waals surface area contributed by atoms with E-state index in [1.54, 1.807) is 56.6 Å². The number of carbonyl (C=O) groups excluding carboxylic acids is 2. The number of ketones is 1. The number of anilines is 1. The Hall–Kier alpha value is -5.16. The molecular weight excluding hydrogens is 749 g/mol. The lowest BCUT2D eigenvalue weighted by Gasteiger charge is -2.46. The molecule has 1 saturated carbocycles. The third-order valence-corrected chi connectivity index (χ3v) is 13.6. The van der Waals surface area contributed by atoms with Crippen molar-refractivity contribution in [2.45, 2.75) is 83.0 Å². The van der Waals surface area contributed by atoms with E-state index in [0.717, 1.165) is 33.2 Å². The van der Waals surface area contributed by atoms with Gasteiger partial charge in [-0.05, 0) is 129 Å². The van der Waals surface area contributed by atoms with Crippen LogP contribution in [0.1, 0.15) is 90.2 Å². The molecule has 5 aromatic rings. The fraction of sp³-hybridized carbons (Fsp3) is 0.375. The van der Waals surface area contributed by atoms with E-state index in [1.165, 1.54) is 16.9 Å². The van der Waals surface area contributed by atoms with Crippen molar-refractivity contribution in [2.24, 2.45) is 5.41 Å². The summed E-state index contributed by atoms with van der Waals surface area (Å²) in [7, 11) is 4.78. The molecule has 304 valence electrons. The number of methoxy groups -OCH3 is 3. The average Bonchev–Trinajstić information content (AvgIpc) is 3.77. The number of nitrogens with zero attached hydrogens (tertiary/aromatic N) is 1. The Balaban J connectivity index is 1.30. The summed E-state index contributed by atoms with van der Waals surface area (Å²) in [5.74, 6) is 1.61. The second-order valence-corrected chi connectivity index (χ2v) is 17.2. The number of allylic oxidation sites excluding steroid dienone is 2. The van der Waals surface area contributed by atoms with Crippen LogP contribution in [0.3, 0.4) is 0 Å². The van der Waals surface area contributed by atoms with E-state index in [0.29, 0.717) is 71.9 Å². The van der Waals surface area contributed by atoms with E-state index in [2.05, 4.69) is 31.3 Å². The minimum atomic E-state index is -1.35. The van der Waals surface area contributed by atoms with Crippen LogP contribution in [0.15, 0.2) is 103 Å². The maximum absolute atomic E-state index is 14.7. The number of aliphatic hydroxyl groups is 2. The predicted molar refractivity (Wildman–Crippen MR) is 231 cm³/mol. The summed E-state index contributed by atoms with van der Waals surface area (Å²) < 4.78 is 17.6. The molecule has 2 bridgehead atoms. The quantitative estimate of drug-likeness (QED) is 0.0951. The highest BCUT2D eigenvalue weighted by atomic mass is 32.1. The molecule has 0 radical (unpaired) electrons. The van der Waals surface area contributed by atoms with E-state index >= 15 is 0 Å². The maximum Gasteiger partial charge on any atom is 0.322 e. The van der Waals surface area contributed by atoms with Crippen LogP contribution in [0.5, 0.6) is 17.2 Å². The van der Waals surface area contributed by atoms with Crippen molar-refractivity contribution >= 4 is 38.9 Å². The van der Waals surface area contributed by atoms with Crippen molar-refractivity contribution in [3.8, 4) is 17.2 Å². The zero-order chi connectivity index (χ0) is 41.0. The third-order valence-electron chi connectivity index (χ3n) is 12.5. The third kappa shape index (κ3) is 8.51. The molecule has 3 aliphatic carbocycles. The number of amides is 2. The van der Waals surface area contributed by atoms with Gasteiger partial charge < -0.3 is 34.6 Å². The predicted octanol–water partition coefficient (Wildman–Crippen LogP) is 9.93. The smallest absolute Gasteiger partial charge is 0.322 e. The van der Waals surface area contributed by atoms with Gasteiger partial charge in [0, 0.05) is 33.0 Å². The van der Waals surface area contributed by atoms with Gasteiger partial charge in [-0.15, -0.1) is 11.3 Å². The van der Waals surface area contributed by atoms with E-state index in [4.69, 9.17) is 14.2 Å². The number of rotatable bonds is 10. The first-order valence-electron chi connectivity index (χ1n) is 20.1. The number of fused-ring (bicyclic) bond motifs is 9. The van der Waals surface area contributed by atoms with Crippen molar-refractivity contribution in [1.82, 2.24) is 4.90 Å². The van der Waals surface area contributed by atoms with Gasteiger partial charge in [0.25, 0.3) is 0 Å². The Morgan fingerprint density at radius 2 is 1.66 bits per heavy atom. The zero-order valence-electron chi connectivity index (χ0n) is 34.0. The number of carbonyl (C=O) groups is 2. The first-order chi connectivity index (χ1) is 27.9. The van der Waals surface area contributed by atoms with Crippen molar-refractivity contribution in [3.05, 3.63) is 130 Å². The van der Waals surface area contributed by atoms with E-state index < -0.39 is 17.1 Å². The summed E-state index contributed by atoms with van der Waals surface area (Å²) in [4.78, 5) is 31.5. The van der Waals surface area contributed by atoms with Crippen LogP contribution >= 0.6 is 11.3 Å². The number of thiophene rings is 1. The Morgan fingerprint density at radius 1 is 0.897 bits per heavy atom. The van der Waals surface area contributed by atoms with Gasteiger partial charge in [-0.3, -0.25) is 4.79 Å². The number of aliphatic hydroxyl groups excluding tert-OH is 1. The number of ether oxygens (including phenoxy) is 3. The highest BCUT2D eigenvalue weighted by molar-refractivity contribution is 7.21. The minimum absolute atomic E-state index is 0.0315. The molecule has 8 rings (SSSR count). The molecule has 1 aromatic heterocycles. The van der Waals surface area contributed by atoms with Gasteiger partial charge in [0.2, 0.25) is 5.78 Å². The Bertz CT molecular complexity index is 2270. The Kier molecular flexibility index (Phi) is 12.3. The van der Waals surface area contributed by atoms with Crippen LogP contribution in [0.2, 0.25) is 0 Å². The molecule has 1 fully saturated rings. The molecule has 3 aliphatic rings. The Labute approximate surface area is 345 Å². The molecule has 9 nitrogen and oxygen atoms in total. The van der Waals surface area contributed by atoms with Crippen LogP contribution in [0.4, 0.5) is 10.5 Å². The van der Waals surface area contributed by atoms with Crippen molar-refractivity contribution in [2.75, 3.05) is 33.2 Å². The Morgan fingerprint density at radius 3 is 2.40 bits per heavy atom. The lowest BCUT2D eigenvalue weighted by Crippen LogP contribution is -2.54. The summed E-state index contributed by atoms with van der Waals surface area (Å²) in [6.07, 6.45) is 5.84. The van der Waals surface area contributed by atoms with Crippen LogP contribution in [-0.2, 0) is 13.0 Å². The molecule has 0 spiro atoms. The van der Waals surface area contributed by atoms with Crippen LogP contribution in [0.25, 0.3) is 10.1 Å². The summed E-state index contributed by atoms with van der Waals surface area (Å²) in [6.45, 7) is 4.43. The molecule has 0 aliphatic heterocycles. The van der Waals surface area contributed by atoms with E-state index in [1.807, 2.05) is 54.6 Å². The molecule has 1 heterocycles. The minimum Gasteiger partial charge on any atom is -0.497 e. The topological polar surface area (TPSA) is 118 Å². The largest absolute Gasteiger partial charge is 0.497 e. The monoisotopic (exact) mass is 802 g/mol. The SMILES string of the molecule is COc1ccc(NC(=O)N(Cc2ccc(OC)cc2OC)CC2(O)CCC3c4ccc(cc4C(=O)c4cc5ccccc5s4)CC(O)CCC(C)=CCCC32C)cc1. The van der Waals surface area contributed by atoms with Gasteiger partial charge in [-0.2, -0.15) is 0 Å². The van der Waals surface area contributed by atoms with Gasteiger partial charge in [-0.25, -0.2) is 4.79 Å². The van der Waals surface area contributed by atoms with Gasteiger partial charge >= 0.3 is 6.03 Å². The molecule has 4 unspecified atom stereocenters. The van der Waals surface area contributed by atoms with Gasteiger partial charge in [0.1, 0.15) is 17.2 Å². The van der Waals surface area contributed by atoms with Crippen LogP contribution in [0, 0.1) is 5.41 Å². The summed E-state index contributed by atoms with van der Waals surface area (Å²) in [5.41, 5.74) is 2.85. The number of benzene rings is 4. The van der Waals surface area contributed by atoms with Gasteiger partial charge in [0.05, 0.1) is 51.0 Å². The van der Waals surface area contributed by atoms with Crippen molar-refractivity contribution in [1.29, 1.82) is 0 Å². The second kappa shape index (κ2) is 17.4. The first-order valence-corrected chi connectivity index (χ1v) is 20.9. The molecular formula is C48H54N2O7S. The molecule has 3 N–H and O–H groups in total. The standard InChI is InChI=1S/C48H54N2O7S/c1-31-9-8-23-47(2)41(39-21-13-32(25-36(51)17-12-31)26-40(39)45(52)44-27-33-10-6-7-11-43(33)58-44)22-24-48(47,54)30-50(29-34-14-18-38(56-4)28-42(34)57-5)46(53)49-35-15-19-37(55-3)20-16-35/h6-7,9-11,13-16,18-21,26-28,36,41,51,54H,8,12,17,22-25,29-30H2,1-5H3,(H,49,53). The van der Waals surface area contributed by atoms with E-state index in [-0.39, 0.29) is 30.8 Å². The fourth-order valence-corrected chi connectivity index (χ4v) is 10.0. The summed E-state index contributed by atoms with van der Waals surface area (Å²) in [6, 6.07) is 28.3. The first kappa shape index (κ1) is 41.0. The lowest BCUT2D eigenvalue weighted by atomic mass is 9.64. The molecule has 2 amide bonds. The number of hydrogen-bond acceptors (Lipinski definition) is 8. The molecule has 0 saturated heterocycles. The van der Waals surface area contributed by atoms with Gasteiger partial charge in [0.15, 0.2) is 0 Å². The maximum atomic E-state index is 14.7. The fourth-order valence-electron chi connectivity index (χ4n) is 9.00. The molecule has 58 heavy (non-hydrogen) atoms. The lowest BCUT2D eigenvalue weighted by molar-refractivity contribution is -0.0773. The van der Waals surface area contributed by atoms with Crippen molar-refractivity contribution < 1.29 is 34.0 Å². The van der Waals surface area contributed by atoms with E-state index in [9.17, 15) is 19.8 Å². The van der Waals surface area contributed by atoms with Gasteiger partial charge in [-0.1, -0.05) is 48.9 Å². The second-order valence-electron chi connectivity index (χ2n) is 16.1. The highest BCUT2D eigenvalue weighted by Gasteiger charge is 2.57. The number of urea groups is 1. The number of hydrogen-bond donors (Lipinski definition) is 3. The molecule has 4 atom stereocenters. The van der Waals surface area contributed by atoms with Crippen LogP contribution < -0.4 is 19.5 Å². The molecule has 4 aromatic carbocycles. The number of nitrogens with one attached hydrogen (secondary N) is 1. The summed E-state index contributed by atoms with van der Waals surface area (Å²) in [5, 5.41) is 28.4. The normalized spacial score (nSPS) is 22.1. The molecule has 10 heteroatoms. The zero-order valence-corrected chi connectivity index (χ0v) is 34.9. The van der Waals surface area contributed by atoms with Crippen molar-refractivity contribution in [3.63, 3.8) is 0 Å². The highest BCUT2D eigenvalue weighted by Crippen LogP contribution is 2.59. The average molecular weight is 803 g/mol. The summed E-state index contributed by atoms with van der Waals surface area (Å²) >= 11 is 1.49.